The van der Waals surface area contributed by atoms with Crippen molar-refractivity contribution in [2.45, 2.75) is 51.0 Å². The molecule has 2 N–H and O–H groups in total. The molecule has 1 aliphatic heterocycles. The fourth-order valence-electron chi connectivity index (χ4n) is 1.73. The van der Waals surface area contributed by atoms with Gasteiger partial charge in [0.1, 0.15) is 0 Å². The van der Waals surface area contributed by atoms with Crippen LogP contribution in [0.1, 0.15) is 33.1 Å². The fourth-order valence-corrected chi connectivity index (χ4v) is 1.73. The first kappa shape index (κ1) is 12.8. The first-order valence-electron chi connectivity index (χ1n) is 6.36. The fraction of sp³-hybridized carbons (Fsp3) is 0.917. The van der Waals surface area contributed by atoms with Gasteiger partial charge < -0.3 is 20.1 Å². The van der Waals surface area contributed by atoms with Crippen LogP contribution in [-0.4, -0.2) is 43.5 Å². The van der Waals surface area contributed by atoms with Gasteiger partial charge in [0.25, 0.3) is 0 Å². The molecule has 0 bridgehead atoms. The van der Waals surface area contributed by atoms with E-state index in [-0.39, 0.29) is 11.9 Å². The van der Waals surface area contributed by atoms with Crippen LogP contribution in [0.3, 0.4) is 0 Å². The molecule has 1 aliphatic carbocycles. The molecule has 17 heavy (non-hydrogen) atoms. The number of hydrogen-bond donors (Lipinski definition) is 2. The Morgan fingerprint density at radius 1 is 1.24 bits per heavy atom. The van der Waals surface area contributed by atoms with Gasteiger partial charge in [-0.2, -0.15) is 0 Å². The SMILES string of the molecule is CC1(C)OCC(NCCC(=O)NC2CC2)CO1. The van der Waals surface area contributed by atoms with Crippen LogP contribution < -0.4 is 10.6 Å². The molecule has 5 heteroatoms. The first-order valence-corrected chi connectivity index (χ1v) is 6.36. The Kier molecular flexibility index (Phi) is 4.01. The summed E-state index contributed by atoms with van der Waals surface area (Å²) < 4.78 is 11.0. The third-order valence-electron chi connectivity index (χ3n) is 2.99. The molecular formula is C12H22N2O3. The summed E-state index contributed by atoms with van der Waals surface area (Å²) in [6.45, 7) is 5.77. The molecule has 0 aromatic carbocycles. The van der Waals surface area contributed by atoms with Gasteiger partial charge in [-0.25, -0.2) is 0 Å². The molecule has 1 saturated heterocycles. The highest BCUT2D eigenvalue weighted by Crippen LogP contribution is 2.18. The molecule has 5 nitrogen and oxygen atoms in total. The zero-order valence-corrected chi connectivity index (χ0v) is 10.6. The minimum atomic E-state index is -0.471. The van der Waals surface area contributed by atoms with Gasteiger partial charge in [0.05, 0.1) is 19.3 Å². The molecular weight excluding hydrogens is 220 g/mol. The maximum Gasteiger partial charge on any atom is 0.221 e. The maximum absolute atomic E-state index is 11.4. The van der Waals surface area contributed by atoms with Crippen LogP contribution >= 0.6 is 0 Å². The van der Waals surface area contributed by atoms with E-state index in [9.17, 15) is 4.79 Å². The van der Waals surface area contributed by atoms with E-state index in [2.05, 4.69) is 10.6 Å². The van der Waals surface area contributed by atoms with Gasteiger partial charge in [0.2, 0.25) is 5.91 Å². The van der Waals surface area contributed by atoms with Crippen LogP contribution in [0, 0.1) is 0 Å². The molecule has 1 amide bonds. The summed E-state index contributed by atoms with van der Waals surface area (Å²) in [6.07, 6.45) is 2.80. The predicted molar refractivity (Wildman–Crippen MR) is 63.6 cm³/mol. The van der Waals surface area contributed by atoms with E-state index in [1.165, 1.54) is 0 Å². The van der Waals surface area contributed by atoms with E-state index >= 15 is 0 Å². The largest absolute Gasteiger partial charge is 0.353 e. The molecule has 2 fully saturated rings. The number of carbonyl (C=O) groups is 1. The smallest absolute Gasteiger partial charge is 0.221 e. The highest BCUT2D eigenvalue weighted by Gasteiger charge is 2.28. The number of carbonyl (C=O) groups excluding carboxylic acids is 1. The molecule has 0 aromatic heterocycles. The van der Waals surface area contributed by atoms with Crippen molar-refractivity contribution in [3.05, 3.63) is 0 Å². The third-order valence-corrected chi connectivity index (χ3v) is 2.99. The minimum absolute atomic E-state index is 0.137. The van der Waals surface area contributed by atoms with Crippen molar-refractivity contribution in [2.24, 2.45) is 0 Å². The van der Waals surface area contributed by atoms with Crippen LogP contribution in [0.4, 0.5) is 0 Å². The Hall–Kier alpha value is -0.650. The Balaban J connectivity index is 1.54. The average molecular weight is 242 g/mol. The predicted octanol–water partition coefficient (Wildman–Crippen LogP) is 0.396. The summed E-state index contributed by atoms with van der Waals surface area (Å²) in [5, 5.41) is 6.24. The Morgan fingerprint density at radius 2 is 1.88 bits per heavy atom. The molecule has 2 rings (SSSR count). The third kappa shape index (κ3) is 4.61. The highest BCUT2D eigenvalue weighted by molar-refractivity contribution is 5.76. The molecule has 1 saturated carbocycles. The quantitative estimate of drug-likeness (QED) is 0.732. The van der Waals surface area contributed by atoms with Crippen molar-refractivity contribution in [3.63, 3.8) is 0 Å². The van der Waals surface area contributed by atoms with Crippen molar-refractivity contribution >= 4 is 5.91 Å². The zero-order valence-electron chi connectivity index (χ0n) is 10.6. The van der Waals surface area contributed by atoms with Crippen molar-refractivity contribution < 1.29 is 14.3 Å². The second-order valence-electron chi connectivity index (χ2n) is 5.26. The Morgan fingerprint density at radius 3 is 2.47 bits per heavy atom. The molecule has 0 spiro atoms. The lowest BCUT2D eigenvalue weighted by atomic mass is 10.2. The number of amides is 1. The molecule has 0 unspecified atom stereocenters. The van der Waals surface area contributed by atoms with E-state index in [4.69, 9.17) is 9.47 Å². The van der Waals surface area contributed by atoms with Crippen molar-refractivity contribution in [2.75, 3.05) is 19.8 Å². The van der Waals surface area contributed by atoms with Gasteiger partial charge in [-0.1, -0.05) is 0 Å². The van der Waals surface area contributed by atoms with E-state index in [0.717, 1.165) is 12.8 Å². The second-order valence-corrected chi connectivity index (χ2v) is 5.26. The molecule has 0 aromatic rings. The molecule has 2 aliphatic rings. The number of rotatable bonds is 5. The van der Waals surface area contributed by atoms with Crippen molar-refractivity contribution in [1.82, 2.24) is 10.6 Å². The standard InChI is InChI=1S/C12H22N2O3/c1-12(2)16-7-10(8-17-12)13-6-5-11(15)14-9-3-4-9/h9-10,13H,3-8H2,1-2H3,(H,14,15). The maximum atomic E-state index is 11.4. The normalized spacial score (nSPS) is 24.6. The highest BCUT2D eigenvalue weighted by atomic mass is 16.7. The topological polar surface area (TPSA) is 59.6 Å². The second kappa shape index (κ2) is 5.33. The molecule has 0 atom stereocenters. The van der Waals surface area contributed by atoms with E-state index < -0.39 is 5.79 Å². The van der Waals surface area contributed by atoms with Gasteiger partial charge >= 0.3 is 0 Å². The van der Waals surface area contributed by atoms with Crippen LogP contribution in [0.15, 0.2) is 0 Å². The lowest BCUT2D eigenvalue weighted by molar-refractivity contribution is -0.252. The lowest BCUT2D eigenvalue weighted by Crippen LogP contribution is -2.49. The van der Waals surface area contributed by atoms with E-state index in [1.807, 2.05) is 13.8 Å². The molecule has 98 valence electrons. The van der Waals surface area contributed by atoms with E-state index in [1.54, 1.807) is 0 Å². The number of hydrogen-bond acceptors (Lipinski definition) is 4. The minimum Gasteiger partial charge on any atom is -0.353 e. The van der Waals surface area contributed by atoms with Gasteiger partial charge in [0, 0.05) is 19.0 Å². The lowest BCUT2D eigenvalue weighted by Gasteiger charge is -2.35. The Bertz CT molecular complexity index is 267. The summed E-state index contributed by atoms with van der Waals surface area (Å²) in [4.78, 5) is 11.4. The summed E-state index contributed by atoms with van der Waals surface area (Å²) in [5.74, 6) is -0.334. The van der Waals surface area contributed by atoms with Crippen LogP contribution in [0.2, 0.25) is 0 Å². The monoisotopic (exact) mass is 242 g/mol. The average Bonchev–Trinajstić information content (AvgIpc) is 3.04. The van der Waals surface area contributed by atoms with Crippen LogP contribution in [0.5, 0.6) is 0 Å². The Labute approximate surface area is 102 Å². The number of nitrogens with one attached hydrogen (secondary N) is 2. The zero-order chi connectivity index (χ0) is 12.3. The van der Waals surface area contributed by atoms with Crippen LogP contribution in [0.25, 0.3) is 0 Å². The van der Waals surface area contributed by atoms with Crippen molar-refractivity contribution in [1.29, 1.82) is 0 Å². The summed E-state index contributed by atoms with van der Waals surface area (Å²) in [5.41, 5.74) is 0. The first-order chi connectivity index (χ1) is 8.05. The molecule has 0 radical (unpaired) electrons. The van der Waals surface area contributed by atoms with E-state index in [0.29, 0.717) is 32.2 Å². The summed E-state index contributed by atoms with van der Waals surface area (Å²) in [6, 6.07) is 0.640. The number of ether oxygens (including phenoxy) is 2. The van der Waals surface area contributed by atoms with Gasteiger partial charge in [-0.15, -0.1) is 0 Å². The van der Waals surface area contributed by atoms with Crippen molar-refractivity contribution in [3.8, 4) is 0 Å². The summed E-state index contributed by atoms with van der Waals surface area (Å²) in [7, 11) is 0. The van der Waals surface area contributed by atoms with Gasteiger partial charge in [-0.3, -0.25) is 4.79 Å². The summed E-state index contributed by atoms with van der Waals surface area (Å²) >= 11 is 0. The molecule has 1 heterocycles. The van der Waals surface area contributed by atoms with Gasteiger partial charge in [0.15, 0.2) is 5.79 Å². The van der Waals surface area contributed by atoms with Gasteiger partial charge in [-0.05, 0) is 26.7 Å². The van der Waals surface area contributed by atoms with Crippen LogP contribution in [-0.2, 0) is 14.3 Å².